The summed E-state index contributed by atoms with van der Waals surface area (Å²) in [5.41, 5.74) is 7.96. The van der Waals surface area contributed by atoms with Crippen molar-refractivity contribution in [2.24, 2.45) is 0 Å². The van der Waals surface area contributed by atoms with Crippen LogP contribution in [0.15, 0.2) is 78.9 Å². The maximum Gasteiger partial charge on any atom is 0.339 e. The third-order valence-electron chi connectivity index (χ3n) is 9.98. The van der Waals surface area contributed by atoms with Crippen LogP contribution in [0.5, 0.6) is 34.5 Å². The molecule has 5 rings (SSSR count). The second-order valence-corrected chi connectivity index (χ2v) is 13.3. The van der Waals surface area contributed by atoms with Crippen LogP contribution in [0.3, 0.4) is 0 Å². The smallest absolute Gasteiger partial charge is 0.339 e. The van der Waals surface area contributed by atoms with E-state index in [2.05, 4.69) is 68.4 Å². The summed E-state index contributed by atoms with van der Waals surface area (Å²) in [7, 11) is 6.31. The van der Waals surface area contributed by atoms with Crippen LogP contribution in [-0.2, 0) is 0 Å². The monoisotopic (exact) mass is 764 g/mol. The lowest BCUT2D eigenvalue weighted by Crippen LogP contribution is -2.12. The Balaban J connectivity index is 0.000000343. The van der Waals surface area contributed by atoms with E-state index < -0.39 is 11.9 Å². The maximum atomic E-state index is 11.2. The standard InChI is InChI=1S/C34H38O5.C12H14O5/c1-23-20-29(35-4)25(3)34(24(23)2)39-19-13-18-38-30-22-32(37-6)31(36-5)21-28(30)33(26-14-9-7-10-15-26)27-16-11-8-12-17-27;1-5-6(2)9(12(15)16)10(17-4)7(3)8(5)11(13)14/h7-12,14-17,20-22,33H,13,18-19H2,1-6H3;1-4H3,(H,13,14)(H,15,16). The molecule has 0 aliphatic heterocycles. The molecule has 0 bridgehead atoms. The van der Waals surface area contributed by atoms with Crippen molar-refractivity contribution in [3.63, 3.8) is 0 Å². The summed E-state index contributed by atoms with van der Waals surface area (Å²) >= 11 is 0. The third-order valence-corrected chi connectivity index (χ3v) is 9.98. The number of aryl methyl sites for hydroxylation is 1. The second kappa shape index (κ2) is 19.4. The van der Waals surface area contributed by atoms with Gasteiger partial charge < -0.3 is 38.6 Å². The molecule has 5 aromatic carbocycles. The number of methoxy groups -OCH3 is 4. The van der Waals surface area contributed by atoms with Crippen molar-refractivity contribution in [2.75, 3.05) is 41.7 Å². The quantitative estimate of drug-likeness (QED) is 0.0785. The van der Waals surface area contributed by atoms with Gasteiger partial charge in [0.2, 0.25) is 0 Å². The van der Waals surface area contributed by atoms with Crippen LogP contribution in [0.25, 0.3) is 0 Å². The van der Waals surface area contributed by atoms with E-state index >= 15 is 0 Å². The van der Waals surface area contributed by atoms with Crippen LogP contribution < -0.4 is 28.4 Å². The minimum atomic E-state index is -1.12. The number of aromatic carboxylic acids is 2. The molecule has 0 amide bonds. The number of hydrogen-bond acceptors (Lipinski definition) is 8. The molecule has 0 radical (unpaired) electrons. The molecule has 2 N–H and O–H groups in total. The Morgan fingerprint density at radius 2 is 1.02 bits per heavy atom. The zero-order valence-corrected chi connectivity index (χ0v) is 33.9. The van der Waals surface area contributed by atoms with Crippen molar-refractivity contribution in [1.82, 2.24) is 0 Å². The van der Waals surface area contributed by atoms with Crippen LogP contribution in [-0.4, -0.2) is 63.8 Å². The lowest BCUT2D eigenvalue weighted by Gasteiger charge is -2.24. The molecule has 0 unspecified atom stereocenters. The average Bonchev–Trinajstić information content (AvgIpc) is 3.19. The fourth-order valence-corrected chi connectivity index (χ4v) is 6.86. The molecule has 0 fully saturated rings. The highest BCUT2D eigenvalue weighted by Gasteiger charge is 2.26. The number of carboxylic acids is 2. The molecule has 0 saturated heterocycles. The topological polar surface area (TPSA) is 130 Å². The molecule has 10 nitrogen and oxygen atoms in total. The van der Waals surface area contributed by atoms with Crippen LogP contribution in [0.4, 0.5) is 0 Å². The van der Waals surface area contributed by atoms with E-state index in [9.17, 15) is 9.59 Å². The van der Waals surface area contributed by atoms with E-state index in [4.69, 9.17) is 38.6 Å². The molecule has 0 aromatic heterocycles. The zero-order valence-electron chi connectivity index (χ0n) is 33.9. The van der Waals surface area contributed by atoms with Crippen molar-refractivity contribution >= 4 is 11.9 Å². The lowest BCUT2D eigenvalue weighted by atomic mass is 9.84. The van der Waals surface area contributed by atoms with Crippen molar-refractivity contribution in [3.05, 3.63) is 140 Å². The largest absolute Gasteiger partial charge is 0.496 e. The van der Waals surface area contributed by atoms with Gasteiger partial charge in [-0.15, -0.1) is 0 Å². The van der Waals surface area contributed by atoms with Gasteiger partial charge in [-0.1, -0.05) is 60.7 Å². The summed E-state index contributed by atoms with van der Waals surface area (Å²) in [6.45, 7) is 11.9. The van der Waals surface area contributed by atoms with Gasteiger partial charge >= 0.3 is 11.9 Å². The number of carbonyl (C=O) groups is 2. The van der Waals surface area contributed by atoms with Crippen LogP contribution >= 0.6 is 0 Å². The molecular weight excluding hydrogens is 712 g/mol. The SMILES string of the molecule is COc1c(C)c(C(=O)O)c(C)c(C)c1C(=O)O.COc1cc(OCCCOc2c(C)c(C)cc(OC)c2C)c(C(c2ccccc2)c2ccccc2)cc1OC. The highest BCUT2D eigenvalue weighted by Crippen LogP contribution is 2.43. The maximum absolute atomic E-state index is 11.2. The first-order valence-corrected chi connectivity index (χ1v) is 18.2. The Bertz CT molecular complexity index is 2100. The summed E-state index contributed by atoms with van der Waals surface area (Å²) in [5.74, 6) is 1.64. The number of rotatable bonds is 15. The van der Waals surface area contributed by atoms with Gasteiger partial charge in [-0.05, 0) is 87.1 Å². The minimum Gasteiger partial charge on any atom is -0.496 e. The predicted octanol–water partition coefficient (Wildman–Crippen LogP) is 9.68. The Hall–Kier alpha value is -6.16. The Morgan fingerprint density at radius 1 is 0.518 bits per heavy atom. The molecule has 56 heavy (non-hydrogen) atoms. The number of benzene rings is 5. The summed E-state index contributed by atoms with van der Waals surface area (Å²) in [5, 5.41) is 18.2. The van der Waals surface area contributed by atoms with Crippen LogP contribution in [0.1, 0.15) is 83.1 Å². The van der Waals surface area contributed by atoms with Gasteiger partial charge in [0.1, 0.15) is 28.6 Å². The molecule has 10 heteroatoms. The molecule has 0 saturated carbocycles. The predicted molar refractivity (Wildman–Crippen MR) is 217 cm³/mol. The first-order valence-electron chi connectivity index (χ1n) is 18.2. The van der Waals surface area contributed by atoms with Crippen molar-refractivity contribution in [1.29, 1.82) is 0 Å². The summed E-state index contributed by atoms with van der Waals surface area (Å²) in [6.07, 6.45) is 0.713. The van der Waals surface area contributed by atoms with Crippen molar-refractivity contribution < 1.29 is 48.2 Å². The van der Waals surface area contributed by atoms with Crippen molar-refractivity contribution in [2.45, 2.75) is 53.9 Å². The highest BCUT2D eigenvalue weighted by atomic mass is 16.5. The Labute approximate surface area is 329 Å². The van der Waals surface area contributed by atoms with E-state index in [1.54, 1.807) is 42.1 Å². The van der Waals surface area contributed by atoms with Gasteiger partial charge in [0.15, 0.2) is 11.5 Å². The van der Waals surface area contributed by atoms with Crippen molar-refractivity contribution in [3.8, 4) is 34.5 Å². The first kappa shape index (κ1) is 42.6. The molecule has 5 aromatic rings. The Kier molecular flexibility index (Phi) is 14.8. The second-order valence-electron chi connectivity index (χ2n) is 13.3. The van der Waals surface area contributed by atoms with Gasteiger partial charge in [-0.3, -0.25) is 0 Å². The van der Waals surface area contributed by atoms with Gasteiger partial charge in [0.25, 0.3) is 0 Å². The van der Waals surface area contributed by atoms with E-state index in [1.165, 1.54) is 18.2 Å². The molecular formula is C46H52O10. The van der Waals surface area contributed by atoms with Crippen LogP contribution in [0.2, 0.25) is 0 Å². The molecule has 0 spiro atoms. The van der Waals surface area contributed by atoms with Gasteiger partial charge in [0.05, 0.1) is 47.2 Å². The highest BCUT2D eigenvalue weighted by molar-refractivity contribution is 5.99. The first-order chi connectivity index (χ1) is 26.8. The lowest BCUT2D eigenvalue weighted by molar-refractivity contribution is 0.0675. The van der Waals surface area contributed by atoms with Gasteiger partial charge in [-0.2, -0.15) is 0 Å². The minimum absolute atomic E-state index is 0.0208. The molecule has 0 heterocycles. The summed E-state index contributed by atoms with van der Waals surface area (Å²) < 4.78 is 34.5. The number of ether oxygens (including phenoxy) is 6. The van der Waals surface area contributed by atoms with Gasteiger partial charge in [-0.25, -0.2) is 9.59 Å². The number of hydrogen-bond donors (Lipinski definition) is 2. The number of carboxylic acid groups (broad SMARTS) is 2. The molecule has 0 aliphatic rings. The average molecular weight is 765 g/mol. The molecule has 296 valence electrons. The zero-order chi connectivity index (χ0) is 41.1. The molecule has 0 aliphatic carbocycles. The summed E-state index contributed by atoms with van der Waals surface area (Å²) in [4.78, 5) is 22.3. The van der Waals surface area contributed by atoms with Crippen LogP contribution in [0, 0.1) is 41.5 Å². The Morgan fingerprint density at radius 3 is 1.52 bits per heavy atom. The third kappa shape index (κ3) is 9.37. The van der Waals surface area contributed by atoms with E-state index in [0.717, 1.165) is 39.5 Å². The van der Waals surface area contributed by atoms with Gasteiger partial charge in [0, 0.05) is 35.1 Å². The van der Waals surface area contributed by atoms with E-state index in [1.807, 2.05) is 31.2 Å². The van der Waals surface area contributed by atoms with E-state index in [0.29, 0.717) is 47.8 Å². The fourth-order valence-electron chi connectivity index (χ4n) is 6.86. The normalized spacial score (nSPS) is 10.6. The summed E-state index contributed by atoms with van der Waals surface area (Å²) in [6, 6.07) is 26.9. The fraction of sp³-hybridized carbons (Fsp3) is 0.304. The van der Waals surface area contributed by atoms with E-state index in [-0.39, 0.29) is 22.8 Å². The molecule has 0 atom stereocenters.